The maximum atomic E-state index is 6.45. The van der Waals surface area contributed by atoms with E-state index >= 15 is 0 Å². The van der Waals surface area contributed by atoms with E-state index in [1.165, 1.54) is 0 Å². The lowest BCUT2D eigenvalue weighted by molar-refractivity contribution is 0.527. The van der Waals surface area contributed by atoms with Gasteiger partial charge in [-0.3, -0.25) is 0 Å². The van der Waals surface area contributed by atoms with Crippen LogP contribution in [0.5, 0.6) is 0 Å². The largest absolute Gasteiger partial charge is 0.437 e. The number of ether oxygens (including phenoxy) is 1. The average molecular weight is 452 g/mol. The number of benzene rings is 4. The third-order valence-electron chi connectivity index (χ3n) is 5.01. The van der Waals surface area contributed by atoms with Crippen LogP contribution in [0.15, 0.2) is 119 Å². The quantitative estimate of drug-likeness (QED) is 0.316. The van der Waals surface area contributed by atoms with E-state index in [2.05, 4.69) is 76.6 Å². The molecule has 0 saturated heterocycles. The van der Waals surface area contributed by atoms with Crippen molar-refractivity contribution in [3.05, 3.63) is 136 Å². The molecule has 5 rings (SSSR count). The Morgan fingerprint density at radius 1 is 0.600 bits per heavy atom. The van der Waals surface area contributed by atoms with Crippen LogP contribution in [0.1, 0.15) is 22.3 Å². The average Bonchev–Trinajstić information content (AvgIpc) is 3.15. The predicted molar refractivity (Wildman–Crippen MR) is 127 cm³/mol. The second-order valence-electron chi connectivity index (χ2n) is 6.98. The maximum absolute atomic E-state index is 6.45. The maximum Gasteiger partial charge on any atom is 0.227 e. The number of hydrogen-bond acceptors (Lipinski definition) is 2. The molecule has 144 valence electrons. The molecule has 0 unspecified atom stereocenters. The normalized spacial score (nSPS) is 13.8. The van der Waals surface area contributed by atoms with Crippen LogP contribution in [0.4, 0.5) is 5.69 Å². The Labute approximate surface area is 184 Å². The highest BCUT2D eigenvalue weighted by atomic mass is 79.9. The van der Waals surface area contributed by atoms with Crippen molar-refractivity contribution in [2.24, 2.45) is 4.99 Å². The van der Waals surface area contributed by atoms with E-state index in [-0.39, 0.29) is 0 Å². The van der Waals surface area contributed by atoms with Gasteiger partial charge < -0.3 is 4.74 Å². The van der Waals surface area contributed by atoms with Gasteiger partial charge >= 0.3 is 0 Å². The number of nitrogens with zero attached hydrogens (tertiary/aromatic N) is 1. The van der Waals surface area contributed by atoms with Gasteiger partial charge in [-0.15, -0.1) is 0 Å². The van der Waals surface area contributed by atoms with Crippen molar-refractivity contribution in [1.82, 2.24) is 0 Å². The van der Waals surface area contributed by atoms with E-state index in [4.69, 9.17) is 9.73 Å². The Bertz CT molecular complexity index is 1200. The minimum Gasteiger partial charge on any atom is -0.437 e. The predicted octanol–water partition coefficient (Wildman–Crippen LogP) is 7.47. The highest BCUT2D eigenvalue weighted by Crippen LogP contribution is 2.39. The lowest BCUT2D eigenvalue weighted by atomic mass is 9.94. The molecule has 0 aliphatic carbocycles. The van der Waals surface area contributed by atoms with E-state index in [9.17, 15) is 0 Å². The van der Waals surface area contributed by atoms with Crippen LogP contribution in [-0.2, 0) is 4.74 Å². The van der Waals surface area contributed by atoms with Gasteiger partial charge in [0.25, 0.3) is 0 Å². The summed E-state index contributed by atoms with van der Waals surface area (Å²) < 4.78 is 7.48. The zero-order valence-electron chi connectivity index (χ0n) is 16.1. The molecule has 4 aromatic rings. The van der Waals surface area contributed by atoms with Crippen LogP contribution in [0.3, 0.4) is 0 Å². The molecule has 0 saturated carbocycles. The molecule has 0 radical (unpaired) electrons. The van der Waals surface area contributed by atoms with Gasteiger partial charge in [0.15, 0.2) is 0 Å². The summed E-state index contributed by atoms with van der Waals surface area (Å²) >= 11 is 3.48. The van der Waals surface area contributed by atoms with Gasteiger partial charge in [-0.2, -0.15) is 0 Å². The van der Waals surface area contributed by atoms with Gasteiger partial charge in [-0.1, -0.05) is 94.8 Å². The topological polar surface area (TPSA) is 21.6 Å². The molecule has 0 N–H and O–H groups in total. The molecule has 3 heteroatoms. The van der Waals surface area contributed by atoms with E-state index < -0.39 is 0 Å². The minimum absolute atomic E-state index is 0.618. The second-order valence-corrected chi connectivity index (χ2v) is 7.89. The summed E-state index contributed by atoms with van der Waals surface area (Å²) in [5.74, 6) is 1.45. The van der Waals surface area contributed by atoms with E-state index in [1.807, 2.05) is 48.5 Å². The summed E-state index contributed by atoms with van der Waals surface area (Å²) in [4.78, 5) is 4.80. The molecule has 0 amide bonds. The molecule has 30 heavy (non-hydrogen) atoms. The summed E-state index contributed by atoms with van der Waals surface area (Å²) in [6.45, 7) is 0. The van der Waals surface area contributed by atoms with E-state index in [1.54, 1.807) is 0 Å². The first-order valence-corrected chi connectivity index (χ1v) is 10.6. The van der Waals surface area contributed by atoms with Gasteiger partial charge in [0.05, 0.1) is 5.69 Å². The fourth-order valence-electron chi connectivity index (χ4n) is 3.61. The van der Waals surface area contributed by atoms with Gasteiger partial charge in [0.1, 0.15) is 5.76 Å². The molecule has 1 aliphatic rings. The van der Waals surface area contributed by atoms with Gasteiger partial charge in [-0.25, -0.2) is 4.99 Å². The molecule has 0 fully saturated rings. The summed E-state index contributed by atoms with van der Waals surface area (Å²) in [5.41, 5.74) is 6.18. The van der Waals surface area contributed by atoms with Crippen molar-refractivity contribution in [3.63, 3.8) is 0 Å². The van der Waals surface area contributed by atoms with Gasteiger partial charge in [0, 0.05) is 21.2 Å². The SMILES string of the molecule is Brc1ccc(N=C2OC(=C(c3ccccc3)c3ccccc3)c3ccccc32)cc1. The van der Waals surface area contributed by atoms with Crippen LogP contribution < -0.4 is 0 Å². The molecular formula is C27H18BrNO. The fourth-order valence-corrected chi connectivity index (χ4v) is 3.88. The molecule has 1 aliphatic heterocycles. The lowest BCUT2D eigenvalue weighted by Crippen LogP contribution is -1.97. The van der Waals surface area contributed by atoms with Crippen LogP contribution in [0.2, 0.25) is 0 Å². The number of hydrogen-bond donors (Lipinski definition) is 0. The first kappa shape index (κ1) is 18.6. The molecule has 0 aromatic heterocycles. The van der Waals surface area contributed by atoms with Crippen molar-refractivity contribution in [2.45, 2.75) is 0 Å². The highest BCUT2D eigenvalue weighted by molar-refractivity contribution is 9.10. The number of aliphatic imine (C=N–C) groups is 1. The molecule has 0 atom stereocenters. The van der Waals surface area contributed by atoms with E-state index in [0.29, 0.717) is 5.90 Å². The second kappa shape index (κ2) is 8.13. The first-order chi connectivity index (χ1) is 14.8. The zero-order valence-corrected chi connectivity index (χ0v) is 17.7. The number of fused-ring (bicyclic) bond motifs is 1. The number of rotatable bonds is 3. The lowest BCUT2D eigenvalue weighted by Gasteiger charge is -2.12. The van der Waals surface area contributed by atoms with Crippen LogP contribution in [-0.4, -0.2) is 5.90 Å². The summed E-state index contributed by atoms with van der Waals surface area (Å²) in [5, 5.41) is 0. The monoisotopic (exact) mass is 451 g/mol. The van der Waals surface area contributed by atoms with Crippen molar-refractivity contribution in [2.75, 3.05) is 0 Å². The number of halogens is 1. The summed E-state index contributed by atoms with van der Waals surface area (Å²) in [6, 6.07) is 36.9. The third kappa shape index (κ3) is 3.60. The van der Waals surface area contributed by atoms with E-state index in [0.717, 1.165) is 43.7 Å². The summed E-state index contributed by atoms with van der Waals surface area (Å²) in [7, 11) is 0. The van der Waals surface area contributed by atoms with Gasteiger partial charge in [0.2, 0.25) is 5.90 Å². The first-order valence-electron chi connectivity index (χ1n) is 9.76. The highest BCUT2D eigenvalue weighted by Gasteiger charge is 2.28. The molecule has 2 nitrogen and oxygen atoms in total. The molecule has 4 aromatic carbocycles. The Balaban J connectivity index is 1.72. The zero-order chi connectivity index (χ0) is 20.3. The van der Waals surface area contributed by atoms with Crippen LogP contribution in [0.25, 0.3) is 11.3 Å². The Morgan fingerprint density at radius 3 is 1.73 bits per heavy atom. The Kier molecular flexibility index (Phi) is 5.04. The van der Waals surface area contributed by atoms with Gasteiger partial charge in [-0.05, 0) is 41.5 Å². The minimum atomic E-state index is 0.618. The van der Waals surface area contributed by atoms with Crippen LogP contribution in [0, 0.1) is 0 Å². The van der Waals surface area contributed by atoms with Crippen molar-refractivity contribution >= 4 is 38.8 Å². The Hall–Kier alpha value is -3.43. The van der Waals surface area contributed by atoms with Crippen molar-refractivity contribution in [3.8, 4) is 0 Å². The molecule has 1 heterocycles. The smallest absolute Gasteiger partial charge is 0.227 e. The fraction of sp³-hybridized carbons (Fsp3) is 0. The molecular weight excluding hydrogens is 434 g/mol. The molecule has 0 spiro atoms. The summed E-state index contributed by atoms with van der Waals surface area (Å²) in [6.07, 6.45) is 0. The standard InChI is InChI=1S/C27H18BrNO/c28-21-15-17-22(18-16-21)29-27-24-14-8-7-13-23(24)26(30-27)25(19-9-3-1-4-10-19)20-11-5-2-6-12-20/h1-18H. The van der Waals surface area contributed by atoms with Crippen LogP contribution >= 0.6 is 15.9 Å². The van der Waals surface area contributed by atoms with Crippen molar-refractivity contribution in [1.29, 1.82) is 0 Å². The third-order valence-corrected chi connectivity index (χ3v) is 5.54. The Morgan fingerprint density at radius 2 is 1.13 bits per heavy atom. The molecule has 0 bridgehead atoms. The van der Waals surface area contributed by atoms with Crippen molar-refractivity contribution < 1.29 is 4.74 Å².